The third-order valence-corrected chi connectivity index (χ3v) is 3.69. The van der Waals surface area contributed by atoms with E-state index in [-0.39, 0.29) is 23.0 Å². The van der Waals surface area contributed by atoms with E-state index < -0.39 is 5.92 Å². The number of nitrogens with one attached hydrogen (secondary N) is 1. The van der Waals surface area contributed by atoms with Crippen LogP contribution in [0.15, 0.2) is 4.99 Å². The van der Waals surface area contributed by atoms with Gasteiger partial charge >= 0.3 is 0 Å². The number of amidine groups is 1. The van der Waals surface area contributed by atoms with Crippen molar-refractivity contribution in [3.05, 3.63) is 0 Å². The van der Waals surface area contributed by atoms with Crippen molar-refractivity contribution in [3.8, 4) is 0 Å². The lowest BCUT2D eigenvalue weighted by Gasteiger charge is -2.03. The summed E-state index contributed by atoms with van der Waals surface area (Å²) in [6.45, 7) is 1.40. The molecule has 1 fully saturated rings. The lowest BCUT2D eigenvalue weighted by atomic mass is 10.1. The molecule has 0 aromatic rings. The standard InChI is InChI=1S/C9H10N2O3S/c1-4(13)10-9-11-6-2-5(3-12)7(14)8(6)15-9/h3,5-6,8H,2H2,1H3,(H,10,11,13). The van der Waals surface area contributed by atoms with E-state index in [9.17, 15) is 14.4 Å². The number of hydrogen-bond donors (Lipinski definition) is 1. The molecule has 1 aliphatic carbocycles. The maximum Gasteiger partial charge on any atom is 0.222 e. The monoisotopic (exact) mass is 226 g/mol. The molecule has 0 spiro atoms. The van der Waals surface area contributed by atoms with Crippen LogP contribution in [0.2, 0.25) is 0 Å². The molecule has 1 heterocycles. The number of aldehydes is 1. The molecule has 5 nitrogen and oxygen atoms in total. The number of aliphatic imine (C=N–C) groups is 1. The van der Waals surface area contributed by atoms with Crippen molar-refractivity contribution < 1.29 is 14.4 Å². The number of nitrogens with zero attached hydrogens (tertiary/aromatic N) is 1. The quantitative estimate of drug-likeness (QED) is 0.494. The summed E-state index contributed by atoms with van der Waals surface area (Å²) in [5.74, 6) is -0.764. The predicted molar refractivity (Wildman–Crippen MR) is 55.6 cm³/mol. The van der Waals surface area contributed by atoms with E-state index in [0.29, 0.717) is 17.9 Å². The largest absolute Gasteiger partial charge is 0.306 e. The first-order chi connectivity index (χ1) is 7.11. The van der Waals surface area contributed by atoms with Gasteiger partial charge in [-0.15, -0.1) is 0 Å². The molecule has 1 aliphatic heterocycles. The van der Waals surface area contributed by atoms with Gasteiger partial charge in [0.1, 0.15) is 6.29 Å². The first kappa shape index (κ1) is 10.4. The van der Waals surface area contributed by atoms with Gasteiger partial charge in [0, 0.05) is 6.92 Å². The minimum Gasteiger partial charge on any atom is -0.306 e. The van der Waals surface area contributed by atoms with E-state index in [1.165, 1.54) is 18.7 Å². The third-order valence-electron chi connectivity index (χ3n) is 2.46. The van der Waals surface area contributed by atoms with Crippen LogP contribution in [0.25, 0.3) is 0 Å². The molecule has 15 heavy (non-hydrogen) atoms. The van der Waals surface area contributed by atoms with Crippen LogP contribution in [0, 0.1) is 5.92 Å². The smallest absolute Gasteiger partial charge is 0.222 e. The summed E-state index contributed by atoms with van der Waals surface area (Å²) >= 11 is 1.25. The van der Waals surface area contributed by atoms with E-state index in [1.807, 2.05) is 0 Å². The van der Waals surface area contributed by atoms with Gasteiger partial charge in [-0.3, -0.25) is 14.6 Å². The van der Waals surface area contributed by atoms with E-state index in [2.05, 4.69) is 10.3 Å². The average molecular weight is 226 g/mol. The highest BCUT2D eigenvalue weighted by molar-refractivity contribution is 8.15. The third kappa shape index (κ3) is 1.81. The summed E-state index contributed by atoms with van der Waals surface area (Å²) in [5.41, 5.74) is 0. The molecule has 80 valence electrons. The fraction of sp³-hybridized carbons (Fsp3) is 0.556. The number of thioether (sulfide) groups is 1. The van der Waals surface area contributed by atoms with E-state index in [0.717, 1.165) is 0 Å². The highest BCUT2D eigenvalue weighted by Crippen LogP contribution is 2.37. The van der Waals surface area contributed by atoms with Crippen LogP contribution >= 0.6 is 11.8 Å². The highest BCUT2D eigenvalue weighted by Gasteiger charge is 2.46. The Morgan fingerprint density at radius 3 is 2.93 bits per heavy atom. The molecule has 6 heteroatoms. The molecule has 3 atom stereocenters. The Morgan fingerprint density at radius 1 is 1.67 bits per heavy atom. The summed E-state index contributed by atoms with van der Waals surface area (Å²) in [6, 6.07) is -0.139. The number of amides is 1. The van der Waals surface area contributed by atoms with Crippen LogP contribution in [0.5, 0.6) is 0 Å². The molecule has 0 bridgehead atoms. The SMILES string of the molecule is CC(=O)NC1=NC2CC(C=O)C(=O)C2S1. The molecule has 2 aliphatic rings. The van der Waals surface area contributed by atoms with Crippen molar-refractivity contribution in [1.29, 1.82) is 0 Å². The Kier molecular flexibility index (Phi) is 2.60. The van der Waals surface area contributed by atoms with Crippen molar-refractivity contribution in [2.24, 2.45) is 10.9 Å². The van der Waals surface area contributed by atoms with Gasteiger partial charge in [-0.05, 0) is 6.42 Å². The van der Waals surface area contributed by atoms with Gasteiger partial charge in [-0.25, -0.2) is 0 Å². The van der Waals surface area contributed by atoms with E-state index in [4.69, 9.17) is 0 Å². The van der Waals surface area contributed by atoms with Gasteiger partial charge in [0.2, 0.25) is 5.91 Å². The molecule has 0 saturated heterocycles. The normalized spacial score (nSPS) is 33.5. The van der Waals surface area contributed by atoms with Crippen LogP contribution in [0.4, 0.5) is 0 Å². The molecule has 2 rings (SSSR count). The van der Waals surface area contributed by atoms with Gasteiger partial charge < -0.3 is 10.1 Å². The summed E-state index contributed by atoms with van der Waals surface area (Å²) in [6.07, 6.45) is 1.16. The fourth-order valence-electron chi connectivity index (χ4n) is 1.79. The van der Waals surface area contributed by atoms with Crippen molar-refractivity contribution in [2.45, 2.75) is 24.6 Å². The van der Waals surface area contributed by atoms with Crippen LogP contribution in [-0.2, 0) is 14.4 Å². The first-order valence-electron chi connectivity index (χ1n) is 4.63. The van der Waals surface area contributed by atoms with Gasteiger partial charge in [-0.2, -0.15) is 0 Å². The summed E-state index contributed by atoms with van der Waals surface area (Å²) in [4.78, 5) is 37.2. The molecular weight excluding hydrogens is 216 g/mol. The fourth-order valence-corrected chi connectivity index (χ4v) is 3.05. The highest BCUT2D eigenvalue weighted by atomic mass is 32.2. The Hall–Kier alpha value is -1.17. The summed E-state index contributed by atoms with van der Waals surface area (Å²) in [7, 11) is 0. The Bertz CT molecular complexity index is 366. The first-order valence-corrected chi connectivity index (χ1v) is 5.51. The predicted octanol–water partition coefficient (Wildman–Crippen LogP) is -0.250. The Balaban J connectivity index is 2.08. The maximum absolute atomic E-state index is 11.6. The summed E-state index contributed by atoms with van der Waals surface area (Å²) in [5, 5.41) is 2.78. The molecule has 1 saturated carbocycles. The number of hydrogen-bond acceptors (Lipinski definition) is 5. The van der Waals surface area contributed by atoms with Crippen molar-refractivity contribution in [2.75, 3.05) is 0 Å². The van der Waals surface area contributed by atoms with E-state index >= 15 is 0 Å². The van der Waals surface area contributed by atoms with Crippen LogP contribution < -0.4 is 5.32 Å². The zero-order chi connectivity index (χ0) is 11.0. The number of fused-ring (bicyclic) bond motifs is 1. The number of rotatable bonds is 1. The van der Waals surface area contributed by atoms with Crippen molar-refractivity contribution in [3.63, 3.8) is 0 Å². The maximum atomic E-state index is 11.6. The number of ketones is 1. The topological polar surface area (TPSA) is 75.6 Å². The summed E-state index contributed by atoms with van der Waals surface area (Å²) < 4.78 is 0. The molecule has 0 radical (unpaired) electrons. The second-order valence-corrected chi connectivity index (χ2v) is 4.73. The van der Waals surface area contributed by atoms with Crippen LogP contribution in [0.3, 0.4) is 0 Å². The van der Waals surface area contributed by atoms with Crippen molar-refractivity contribution in [1.82, 2.24) is 5.32 Å². The lowest BCUT2D eigenvalue weighted by molar-refractivity contribution is -0.125. The molecule has 0 aromatic heterocycles. The zero-order valence-electron chi connectivity index (χ0n) is 8.10. The zero-order valence-corrected chi connectivity index (χ0v) is 8.91. The molecule has 0 aromatic carbocycles. The minimum absolute atomic E-state index is 0.0656. The van der Waals surface area contributed by atoms with Gasteiger partial charge in [0.05, 0.1) is 17.2 Å². The average Bonchev–Trinajstić information content (AvgIpc) is 2.65. The van der Waals surface area contributed by atoms with Crippen LogP contribution in [0.1, 0.15) is 13.3 Å². The van der Waals surface area contributed by atoms with Gasteiger partial charge in [0.25, 0.3) is 0 Å². The van der Waals surface area contributed by atoms with E-state index in [1.54, 1.807) is 0 Å². The number of Topliss-reactive ketones (excluding diaryl/α,β-unsaturated/α-hetero) is 1. The lowest BCUT2D eigenvalue weighted by Crippen LogP contribution is -2.26. The molecule has 1 N–H and O–H groups in total. The van der Waals surface area contributed by atoms with Gasteiger partial charge in [-0.1, -0.05) is 11.8 Å². The number of carbonyl (C=O) groups is 3. The Labute approximate surface area is 90.7 Å². The second-order valence-electron chi connectivity index (χ2n) is 3.60. The minimum atomic E-state index is -0.505. The molecule has 1 amide bonds. The number of carbonyl (C=O) groups excluding carboxylic acids is 3. The molecular formula is C9H10N2O3S. The Morgan fingerprint density at radius 2 is 2.40 bits per heavy atom. The van der Waals surface area contributed by atoms with Crippen LogP contribution in [-0.4, -0.2) is 34.4 Å². The van der Waals surface area contributed by atoms with Crippen molar-refractivity contribution >= 4 is 34.9 Å². The second kappa shape index (κ2) is 3.77. The van der Waals surface area contributed by atoms with Gasteiger partial charge in [0.15, 0.2) is 11.0 Å². The molecule has 3 unspecified atom stereocenters.